The minimum atomic E-state index is -0.757. The summed E-state index contributed by atoms with van der Waals surface area (Å²) in [5.74, 6) is -1.07. The molecule has 1 rings (SSSR count). The highest BCUT2D eigenvalue weighted by Gasteiger charge is 2.10. The second kappa shape index (κ2) is 4.96. The third-order valence-corrected chi connectivity index (χ3v) is 2.30. The van der Waals surface area contributed by atoms with Crippen molar-refractivity contribution in [1.29, 1.82) is 0 Å². The van der Waals surface area contributed by atoms with Gasteiger partial charge in [0.2, 0.25) is 0 Å². The third kappa shape index (κ3) is 3.34. The fraction of sp³-hybridized carbons (Fsp3) is 0.400. The summed E-state index contributed by atoms with van der Waals surface area (Å²) in [6.45, 7) is 1.70. The van der Waals surface area contributed by atoms with Crippen molar-refractivity contribution >= 4 is 17.6 Å². The van der Waals surface area contributed by atoms with Crippen LogP contribution in [0.1, 0.15) is 18.9 Å². The fourth-order valence-corrected chi connectivity index (χ4v) is 1.17. The van der Waals surface area contributed by atoms with Gasteiger partial charge in [-0.15, -0.1) is 0 Å². The van der Waals surface area contributed by atoms with Crippen molar-refractivity contribution in [2.24, 2.45) is 5.92 Å². The molecule has 0 amide bonds. The number of aromatic nitrogens is 1. The quantitative estimate of drug-likeness (QED) is 0.782. The number of aryl methyl sites for hydroxylation is 1. The van der Waals surface area contributed by atoms with E-state index in [0.717, 1.165) is 12.0 Å². The lowest BCUT2D eigenvalue weighted by atomic mass is 10.0. The Bertz CT molecular complexity index is 310. The molecule has 1 heterocycles. The molecule has 0 saturated carbocycles. The van der Waals surface area contributed by atoms with Crippen LogP contribution in [0.25, 0.3) is 0 Å². The molecule has 14 heavy (non-hydrogen) atoms. The van der Waals surface area contributed by atoms with E-state index in [2.05, 4.69) is 4.98 Å². The van der Waals surface area contributed by atoms with Gasteiger partial charge in [0.25, 0.3) is 0 Å². The van der Waals surface area contributed by atoms with Gasteiger partial charge in [0, 0.05) is 6.20 Å². The summed E-state index contributed by atoms with van der Waals surface area (Å²) in [6.07, 6.45) is 3.02. The van der Waals surface area contributed by atoms with Gasteiger partial charge in [0.15, 0.2) is 0 Å². The van der Waals surface area contributed by atoms with Gasteiger partial charge in [-0.05, 0) is 24.5 Å². The third-order valence-electron chi connectivity index (χ3n) is 2.08. The smallest absolute Gasteiger partial charge is 0.306 e. The minimum absolute atomic E-state index is 0.314. The second-order valence-corrected chi connectivity index (χ2v) is 3.65. The van der Waals surface area contributed by atoms with E-state index in [1.807, 2.05) is 6.07 Å². The van der Waals surface area contributed by atoms with E-state index in [4.69, 9.17) is 16.7 Å². The lowest BCUT2D eigenvalue weighted by Gasteiger charge is -2.05. The van der Waals surface area contributed by atoms with Crippen LogP contribution in [-0.2, 0) is 11.2 Å². The van der Waals surface area contributed by atoms with E-state index < -0.39 is 5.97 Å². The molecule has 0 radical (unpaired) electrons. The van der Waals surface area contributed by atoms with Crippen LogP contribution in [0.2, 0.25) is 5.15 Å². The van der Waals surface area contributed by atoms with Crippen LogP contribution in [0.4, 0.5) is 0 Å². The zero-order valence-corrected chi connectivity index (χ0v) is 8.66. The summed E-state index contributed by atoms with van der Waals surface area (Å²) in [7, 11) is 0. The molecule has 1 atom stereocenters. The molecule has 1 aromatic heterocycles. The number of carbonyl (C=O) groups is 1. The van der Waals surface area contributed by atoms with Crippen LogP contribution in [-0.4, -0.2) is 16.1 Å². The molecule has 76 valence electrons. The standard InChI is InChI=1S/C10H12ClNO2/c1-7(10(13)14)2-3-8-4-5-9(11)12-6-8/h4-7H,2-3H2,1H3,(H,13,14). The Hall–Kier alpha value is -1.09. The summed E-state index contributed by atoms with van der Waals surface area (Å²) >= 11 is 5.62. The number of carboxylic acids is 1. The molecule has 1 unspecified atom stereocenters. The first-order valence-corrected chi connectivity index (χ1v) is 4.80. The minimum Gasteiger partial charge on any atom is -0.481 e. The molecular weight excluding hydrogens is 202 g/mol. The summed E-state index contributed by atoms with van der Waals surface area (Å²) in [6, 6.07) is 3.58. The van der Waals surface area contributed by atoms with E-state index in [-0.39, 0.29) is 5.92 Å². The Morgan fingerprint density at radius 2 is 2.36 bits per heavy atom. The molecule has 0 aliphatic rings. The zero-order valence-electron chi connectivity index (χ0n) is 7.90. The molecule has 0 aromatic carbocycles. The summed E-state index contributed by atoms with van der Waals surface area (Å²) < 4.78 is 0. The number of hydrogen-bond donors (Lipinski definition) is 1. The Morgan fingerprint density at radius 3 is 2.86 bits per heavy atom. The predicted octanol–water partition coefficient (Wildman–Crippen LogP) is 2.39. The molecule has 4 heteroatoms. The molecule has 0 saturated heterocycles. The first kappa shape index (κ1) is 11.0. The van der Waals surface area contributed by atoms with Crippen LogP contribution in [0.15, 0.2) is 18.3 Å². The van der Waals surface area contributed by atoms with Crippen molar-refractivity contribution in [3.8, 4) is 0 Å². The average Bonchev–Trinajstić information content (AvgIpc) is 2.16. The van der Waals surface area contributed by atoms with Crippen molar-refractivity contribution in [3.63, 3.8) is 0 Å². The van der Waals surface area contributed by atoms with Gasteiger partial charge in [-0.3, -0.25) is 4.79 Å². The Kier molecular flexibility index (Phi) is 3.89. The normalized spacial score (nSPS) is 12.4. The van der Waals surface area contributed by atoms with Crippen LogP contribution in [0, 0.1) is 5.92 Å². The van der Waals surface area contributed by atoms with E-state index >= 15 is 0 Å². The Labute approximate surface area is 87.7 Å². The van der Waals surface area contributed by atoms with Crippen molar-refractivity contribution < 1.29 is 9.90 Å². The highest BCUT2D eigenvalue weighted by molar-refractivity contribution is 6.29. The molecule has 0 aliphatic heterocycles. The maximum atomic E-state index is 10.5. The second-order valence-electron chi connectivity index (χ2n) is 3.27. The molecule has 0 aliphatic carbocycles. The first-order valence-electron chi connectivity index (χ1n) is 4.43. The number of aliphatic carboxylic acids is 1. The fourth-order valence-electron chi connectivity index (χ4n) is 1.06. The SMILES string of the molecule is CC(CCc1ccc(Cl)nc1)C(=O)O. The predicted molar refractivity (Wildman–Crippen MR) is 54.4 cm³/mol. The highest BCUT2D eigenvalue weighted by Crippen LogP contribution is 2.11. The topological polar surface area (TPSA) is 50.2 Å². The maximum Gasteiger partial charge on any atom is 0.306 e. The van der Waals surface area contributed by atoms with Crippen molar-refractivity contribution in [2.75, 3.05) is 0 Å². The molecular formula is C10H12ClNO2. The Morgan fingerprint density at radius 1 is 1.64 bits per heavy atom. The maximum absolute atomic E-state index is 10.5. The monoisotopic (exact) mass is 213 g/mol. The van der Waals surface area contributed by atoms with E-state index in [1.54, 1.807) is 19.2 Å². The highest BCUT2D eigenvalue weighted by atomic mass is 35.5. The summed E-state index contributed by atoms with van der Waals surface area (Å²) in [4.78, 5) is 14.5. The number of pyridine rings is 1. The van der Waals surface area contributed by atoms with E-state index in [0.29, 0.717) is 11.6 Å². The molecule has 1 N–H and O–H groups in total. The lowest BCUT2D eigenvalue weighted by molar-refractivity contribution is -0.141. The van der Waals surface area contributed by atoms with Gasteiger partial charge in [-0.2, -0.15) is 0 Å². The molecule has 0 fully saturated rings. The number of halogens is 1. The van der Waals surface area contributed by atoms with Crippen molar-refractivity contribution in [1.82, 2.24) is 4.98 Å². The summed E-state index contributed by atoms with van der Waals surface area (Å²) in [5, 5.41) is 9.13. The van der Waals surface area contributed by atoms with Gasteiger partial charge in [-0.1, -0.05) is 24.6 Å². The molecule has 1 aromatic rings. The van der Waals surface area contributed by atoms with Gasteiger partial charge < -0.3 is 5.11 Å². The number of rotatable bonds is 4. The number of hydrogen-bond acceptors (Lipinski definition) is 2. The Balaban J connectivity index is 2.46. The van der Waals surface area contributed by atoms with E-state index in [9.17, 15) is 4.79 Å². The van der Waals surface area contributed by atoms with Crippen LogP contribution >= 0.6 is 11.6 Å². The number of nitrogens with zero attached hydrogens (tertiary/aromatic N) is 1. The molecule has 3 nitrogen and oxygen atoms in total. The van der Waals surface area contributed by atoms with Crippen LogP contribution < -0.4 is 0 Å². The summed E-state index contributed by atoms with van der Waals surface area (Å²) in [5.41, 5.74) is 1.02. The van der Waals surface area contributed by atoms with Gasteiger partial charge in [0.05, 0.1) is 5.92 Å². The number of carboxylic acid groups (broad SMARTS) is 1. The van der Waals surface area contributed by atoms with Crippen LogP contribution in [0.5, 0.6) is 0 Å². The van der Waals surface area contributed by atoms with E-state index in [1.165, 1.54) is 0 Å². The van der Waals surface area contributed by atoms with Gasteiger partial charge in [0.1, 0.15) is 5.15 Å². The zero-order chi connectivity index (χ0) is 10.6. The first-order chi connectivity index (χ1) is 6.59. The largest absolute Gasteiger partial charge is 0.481 e. The average molecular weight is 214 g/mol. The van der Waals surface area contributed by atoms with Crippen LogP contribution in [0.3, 0.4) is 0 Å². The lowest BCUT2D eigenvalue weighted by Crippen LogP contribution is -2.10. The van der Waals surface area contributed by atoms with Gasteiger partial charge in [-0.25, -0.2) is 4.98 Å². The van der Waals surface area contributed by atoms with Crippen molar-refractivity contribution in [2.45, 2.75) is 19.8 Å². The van der Waals surface area contributed by atoms with Crippen molar-refractivity contribution in [3.05, 3.63) is 29.0 Å². The van der Waals surface area contributed by atoms with Gasteiger partial charge >= 0.3 is 5.97 Å². The molecule has 0 spiro atoms. The molecule has 0 bridgehead atoms.